The van der Waals surface area contributed by atoms with E-state index in [4.69, 9.17) is 4.74 Å². The number of carbonyl (C=O) groups is 2. The normalized spacial score (nSPS) is 11.7. The quantitative estimate of drug-likeness (QED) is 0.471. The van der Waals surface area contributed by atoms with Crippen LogP contribution in [-0.4, -0.2) is 21.7 Å². The van der Waals surface area contributed by atoms with Crippen LogP contribution in [0.25, 0.3) is 10.8 Å². The molecule has 0 unspecified atom stereocenters. The van der Waals surface area contributed by atoms with Gasteiger partial charge in [0.25, 0.3) is 11.5 Å². The van der Waals surface area contributed by atoms with Gasteiger partial charge in [-0.2, -0.15) is 5.10 Å². The molecule has 1 N–H and O–H groups in total. The first-order valence-corrected chi connectivity index (χ1v) is 10.4. The number of esters is 1. The van der Waals surface area contributed by atoms with Gasteiger partial charge in [0.05, 0.1) is 5.39 Å². The highest BCUT2D eigenvalue weighted by Gasteiger charge is 2.28. The maximum Gasteiger partial charge on any atom is 0.360 e. The Balaban J connectivity index is 1.70. The van der Waals surface area contributed by atoms with Crippen LogP contribution in [-0.2, 0) is 16.6 Å². The molecule has 0 saturated heterocycles. The molecule has 0 spiro atoms. The number of aryl methyl sites for hydroxylation is 3. The molecular formula is C26H23N3O4. The highest BCUT2D eigenvalue weighted by atomic mass is 16.5. The van der Waals surface area contributed by atoms with E-state index in [-0.39, 0.29) is 11.3 Å². The molecule has 4 rings (SSSR count). The topological polar surface area (TPSA) is 90.3 Å². The summed E-state index contributed by atoms with van der Waals surface area (Å²) in [5, 5.41) is 7.67. The molecule has 3 aromatic carbocycles. The highest BCUT2D eigenvalue weighted by molar-refractivity contribution is 6.04. The molecule has 1 heterocycles. The second-order valence-electron chi connectivity index (χ2n) is 7.88. The number of fused-ring (bicyclic) bond motifs is 1. The van der Waals surface area contributed by atoms with Crippen molar-refractivity contribution < 1.29 is 14.3 Å². The molecule has 1 amide bonds. The molecule has 0 aliphatic rings. The number of hydrogen-bond donors (Lipinski definition) is 1. The zero-order valence-corrected chi connectivity index (χ0v) is 18.5. The Bertz CT molecular complexity index is 1390. The van der Waals surface area contributed by atoms with Gasteiger partial charge in [-0.1, -0.05) is 54.6 Å². The molecule has 0 bridgehead atoms. The van der Waals surface area contributed by atoms with Crippen molar-refractivity contribution in [2.45, 2.75) is 20.0 Å². The second kappa shape index (κ2) is 9.08. The number of amides is 1. The first-order valence-electron chi connectivity index (χ1n) is 10.4. The van der Waals surface area contributed by atoms with E-state index in [9.17, 15) is 14.4 Å². The van der Waals surface area contributed by atoms with Gasteiger partial charge in [0.2, 0.25) is 6.10 Å². The summed E-state index contributed by atoms with van der Waals surface area (Å²) in [6.45, 7) is 3.88. The molecule has 166 valence electrons. The van der Waals surface area contributed by atoms with Gasteiger partial charge in [-0.25, -0.2) is 9.48 Å². The van der Waals surface area contributed by atoms with Crippen LogP contribution in [0, 0.1) is 13.8 Å². The number of aromatic nitrogens is 2. The Morgan fingerprint density at radius 2 is 1.52 bits per heavy atom. The van der Waals surface area contributed by atoms with E-state index in [1.54, 1.807) is 48.5 Å². The maximum absolute atomic E-state index is 13.2. The summed E-state index contributed by atoms with van der Waals surface area (Å²) in [4.78, 5) is 38.8. The summed E-state index contributed by atoms with van der Waals surface area (Å²) in [5.74, 6) is -1.29. The monoisotopic (exact) mass is 441 g/mol. The largest absolute Gasteiger partial charge is 0.442 e. The molecule has 7 nitrogen and oxygen atoms in total. The molecule has 7 heteroatoms. The molecule has 1 aromatic heterocycles. The lowest BCUT2D eigenvalue weighted by atomic mass is 10.1. The minimum Gasteiger partial charge on any atom is -0.442 e. The first kappa shape index (κ1) is 22.0. The maximum atomic E-state index is 13.2. The predicted molar refractivity (Wildman–Crippen MR) is 126 cm³/mol. The minimum atomic E-state index is -1.21. The fourth-order valence-electron chi connectivity index (χ4n) is 3.77. The van der Waals surface area contributed by atoms with Gasteiger partial charge in [0.1, 0.15) is 0 Å². The smallest absolute Gasteiger partial charge is 0.360 e. The Morgan fingerprint density at radius 3 is 2.18 bits per heavy atom. The van der Waals surface area contributed by atoms with Gasteiger partial charge >= 0.3 is 5.97 Å². The third-order valence-electron chi connectivity index (χ3n) is 5.20. The molecule has 1 atom stereocenters. The molecule has 33 heavy (non-hydrogen) atoms. The van der Waals surface area contributed by atoms with E-state index in [2.05, 4.69) is 10.4 Å². The molecule has 0 aliphatic heterocycles. The van der Waals surface area contributed by atoms with E-state index in [0.717, 1.165) is 15.8 Å². The third kappa shape index (κ3) is 4.67. The van der Waals surface area contributed by atoms with Gasteiger partial charge in [-0.05, 0) is 43.2 Å². The minimum absolute atomic E-state index is 0.0344. The molecular weight excluding hydrogens is 418 g/mol. The summed E-state index contributed by atoms with van der Waals surface area (Å²) in [5.41, 5.74) is 2.77. The van der Waals surface area contributed by atoms with Crippen molar-refractivity contribution >= 4 is 28.3 Å². The van der Waals surface area contributed by atoms with Crippen LogP contribution in [0.4, 0.5) is 5.69 Å². The average Bonchev–Trinajstić information content (AvgIpc) is 2.79. The van der Waals surface area contributed by atoms with Crippen LogP contribution < -0.4 is 10.9 Å². The van der Waals surface area contributed by atoms with E-state index in [1.165, 1.54) is 7.05 Å². The fraction of sp³-hybridized carbons (Fsp3) is 0.154. The molecule has 0 radical (unpaired) electrons. The van der Waals surface area contributed by atoms with Gasteiger partial charge in [-0.15, -0.1) is 0 Å². The number of rotatable bonds is 5. The van der Waals surface area contributed by atoms with E-state index in [0.29, 0.717) is 22.0 Å². The number of benzene rings is 3. The lowest BCUT2D eigenvalue weighted by Crippen LogP contribution is -2.28. The second-order valence-corrected chi connectivity index (χ2v) is 7.88. The van der Waals surface area contributed by atoms with Crippen molar-refractivity contribution in [1.29, 1.82) is 0 Å². The van der Waals surface area contributed by atoms with Crippen LogP contribution in [0.15, 0.2) is 77.6 Å². The van der Waals surface area contributed by atoms with Crippen molar-refractivity contribution in [2.24, 2.45) is 7.05 Å². The zero-order chi connectivity index (χ0) is 23.5. The van der Waals surface area contributed by atoms with E-state index >= 15 is 0 Å². The summed E-state index contributed by atoms with van der Waals surface area (Å²) in [7, 11) is 1.47. The third-order valence-corrected chi connectivity index (χ3v) is 5.20. The van der Waals surface area contributed by atoms with Gasteiger partial charge in [0.15, 0.2) is 5.69 Å². The Labute approximate surface area is 190 Å². The fourth-order valence-corrected chi connectivity index (χ4v) is 3.77. The summed E-state index contributed by atoms with van der Waals surface area (Å²) < 4.78 is 6.78. The van der Waals surface area contributed by atoms with Crippen LogP contribution in [0.2, 0.25) is 0 Å². The summed E-state index contributed by atoms with van der Waals surface area (Å²) in [6.07, 6.45) is -1.21. The van der Waals surface area contributed by atoms with Crippen LogP contribution in [0.1, 0.15) is 33.3 Å². The SMILES string of the molecule is Cc1cc(C)cc(NC(=O)[C@@H](OC(=O)c2nn(C)c(=O)c3ccccc23)c2ccccc2)c1. The van der Waals surface area contributed by atoms with E-state index < -0.39 is 18.0 Å². The van der Waals surface area contributed by atoms with Gasteiger partial charge in [-0.3, -0.25) is 9.59 Å². The number of nitrogens with zero attached hydrogens (tertiary/aromatic N) is 2. The predicted octanol–water partition coefficient (Wildman–Crippen LogP) is 4.09. The average molecular weight is 441 g/mol. The number of nitrogens with one attached hydrogen (secondary N) is 1. The lowest BCUT2D eigenvalue weighted by Gasteiger charge is -2.19. The molecule has 0 saturated carbocycles. The lowest BCUT2D eigenvalue weighted by molar-refractivity contribution is -0.125. The van der Waals surface area contributed by atoms with Crippen molar-refractivity contribution in [2.75, 3.05) is 5.32 Å². The number of hydrogen-bond acceptors (Lipinski definition) is 5. The Morgan fingerprint density at radius 1 is 0.909 bits per heavy atom. The highest BCUT2D eigenvalue weighted by Crippen LogP contribution is 2.24. The van der Waals surface area contributed by atoms with E-state index in [1.807, 2.05) is 38.1 Å². The molecule has 4 aromatic rings. The van der Waals surface area contributed by atoms with Crippen LogP contribution in [0.3, 0.4) is 0 Å². The summed E-state index contributed by atoms with van der Waals surface area (Å²) in [6, 6.07) is 21.1. The van der Waals surface area contributed by atoms with Crippen molar-refractivity contribution in [3.8, 4) is 0 Å². The Hall–Kier alpha value is -4.26. The van der Waals surface area contributed by atoms with Gasteiger partial charge in [0, 0.05) is 23.7 Å². The zero-order valence-electron chi connectivity index (χ0n) is 18.5. The Kier molecular flexibility index (Phi) is 6.04. The number of anilines is 1. The van der Waals surface area contributed by atoms with Gasteiger partial charge < -0.3 is 10.1 Å². The van der Waals surface area contributed by atoms with Crippen molar-refractivity contribution in [3.05, 3.63) is 106 Å². The van der Waals surface area contributed by atoms with Crippen molar-refractivity contribution in [1.82, 2.24) is 9.78 Å². The van der Waals surface area contributed by atoms with Crippen LogP contribution in [0.5, 0.6) is 0 Å². The van der Waals surface area contributed by atoms with Crippen molar-refractivity contribution in [3.63, 3.8) is 0 Å². The number of carbonyl (C=O) groups excluding carboxylic acids is 2. The number of ether oxygens (including phenoxy) is 1. The molecule has 0 fully saturated rings. The standard InChI is InChI=1S/C26H23N3O4/c1-16-13-17(2)15-19(14-16)27-24(30)23(18-9-5-4-6-10-18)33-26(32)22-20-11-7-8-12-21(20)25(31)29(3)28-22/h4-15,23H,1-3H3,(H,27,30)/t23-/m0/s1. The summed E-state index contributed by atoms with van der Waals surface area (Å²) >= 11 is 0. The first-order chi connectivity index (χ1) is 15.8. The molecule has 0 aliphatic carbocycles. The van der Waals surface area contributed by atoms with Crippen LogP contribution >= 0.6 is 0 Å².